The van der Waals surface area contributed by atoms with Crippen molar-refractivity contribution in [1.82, 2.24) is 14.8 Å². The van der Waals surface area contributed by atoms with Crippen molar-refractivity contribution in [2.24, 2.45) is 11.7 Å². The van der Waals surface area contributed by atoms with E-state index in [0.29, 0.717) is 12.5 Å². The average molecular weight is 364 g/mol. The van der Waals surface area contributed by atoms with Crippen molar-refractivity contribution < 1.29 is 4.79 Å². The molecule has 0 saturated heterocycles. The lowest BCUT2D eigenvalue weighted by Gasteiger charge is -2.24. The molecule has 6 nitrogen and oxygen atoms in total. The Morgan fingerprint density at radius 1 is 1.24 bits per heavy atom. The monoisotopic (exact) mass is 363 g/mol. The van der Waals surface area contributed by atoms with E-state index in [1.165, 1.54) is 38.4 Å². The lowest BCUT2D eigenvalue weighted by molar-refractivity contribution is -0.117. The first-order valence-corrected chi connectivity index (χ1v) is 8.68. The molecule has 7 heteroatoms. The van der Waals surface area contributed by atoms with Crippen LogP contribution in [0.1, 0.15) is 44.1 Å². The van der Waals surface area contributed by atoms with Crippen LogP contribution < -0.4 is 11.1 Å². The highest BCUT2D eigenvalue weighted by molar-refractivity contribution is 5.94. The molecule has 3 N–H and O–H groups in total. The minimum atomic E-state index is -0.428. The quantitative estimate of drug-likeness (QED) is 0.826. The minimum absolute atomic E-state index is 0. The molecule has 3 rings (SSSR count). The van der Waals surface area contributed by atoms with Gasteiger partial charge in [0.15, 0.2) is 0 Å². The number of hydrogen-bond donors (Lipinski definition) is 2. The number of aromatic nitrogens is 3. The second-order valence-corrected chi connectivity index (χ2v) is 6.63. The van der Waals surface area contributed by atoms with Gasteiger partial charge in [-0.1, -0.05) is 44.2 Å². The van der Waals surface area contributed by atoms with Crippen molar-refractivity contribution in [3.05, 3.63) is 42.5 Å². The number of benzene rings is 1. The van der Waals surface area contributed by atoms with Gasteiger partial charge in [0.2, 0.25) is 5.91 Å². The number of anilines is 1. The minimum Gasteiger partial charge on any atom is -0.325 e. The van der Waals surface area contributed by atoms with Crippen LogP contribution in [0.25, 0.3) is 0 Å². The van der Waals surface area contributed by atoms with Gasteiger partial charge in [-0.3, -0.25) is 4.79 Å². The second-order valence-electron chi connectivity index (χ2n) is 6.63. The Morgan fingerprint density at radius 3 is 2.60 bits per heavy atom. The van der Waals surface area contributed by atoms with Crippen LogP contribution in [-0.2, 0) is 11.3 Å². The van der Waals surface area contributed by atoms with E-state index in [9.17, 15) is 4.79 Å². The van der Waals surface area contributed by atoms with Crippen LogP contribution in [0.5, 0.6) is 0 Å². The summed E-state index contributed by atoms with van der Waals surface area (Å²) in [5.41, 5.74) is 7.97. The van der Waals surface area contributed by atoms with Gasteiger partial charge in [-0.25, -0.2) is 9.67 Å². The summed E-state index contributed by atoms with van der Waals surface area (Å²) in [6, 6.07) is 7.33. The number of carbonyl (C=O) groups is 1. The van der Waals surface area contributed by atoms with Crippen LogP contribution in [0.3, 0.4) is 0 Å². The van der Waals surface area contributed by atoms with E-state index < -0.39 is 6.04 Å². The molecule has 1 unspecified atom stereocenters. The highest BCUT2D eigenvalue weighted by Crippen LogP contribution is 2.27. The smallest absolute Gasteiger partial charge is 0.241 e. The van der Waals surface area contributed by atoms with Gasteiger partial charge >= 0.3 is 0 Å². The molecule has 1 atom stereocenters. The van der Waals surface area contributed by atoms with Crippen LogP contribution in [0.2, 0.25) is 0 Å². The standard InChI is InChI=1S/C18H25N5O.ClH/c19-17(10-14-4-2-1-3-5-14)18(24)22-16-8-6-15(7-9-16)11-23-13-20-12-21-23;/h6-9,12-14,17H,1-5,10-11,19H2,(H,22,24);1H. The topological polar surface area (TPSA) is 85.8 Å². The van der Waals surface area contributed by atoms with Crippen molar-refractivity contribution in [2.75, 3.05) is 5.32 Å². The summed E-state index contributed by atoms with van der Waals surface area (Å²) in [4.78, 5) is 16.2. The first-order valence-electron chi connectivity index (χ1n) is 8.68. The van der Waals surface area contributed by atoms with Gasteiger partial charge in [-0.15, -0.1) is 12.4 Å². The van der Waals surface area contributed by atoms with Crippen molar-refractivity contribution in [2.45, 2.75) is 51.1 Å². The molecule has 1 fully saturated rings. The number of amides is 1. The Labute approximate surface area is 154 Å². The van der Waals surface area contributed by atoms with Gasteiger partial charge < -0.3 is 11.1 Å². The molecule has 1 heterocycles. The van der Waals surface area contributed by atoms with Crippen LogP contribution in [-0.4, -0.2) is 26.7 Å². The molecule has 1 amide bonds. The molecular weight excluding hydrogens is 338 g/mol. The predicted octanol–water partition coefficient (Wildman–Crippen LogP) is 2.98. The lowest BCUT2D eigenvalue weighted by atomic mass is 9.85. The molecule has 2 aromatic rings. The SMILES string of the molecule is Cl.NC(CC1CCCCC1)C(=O)Nc1ccc(Cn2cncn2)cc1. The summed E-state index contributed by atoms with van der Waals surface area (Å²) in [5, 5.41) is 7.00. The summed E-state index contributed by atoms with van der Waals surface area (Å²) in [6.07, 6.45) is 10.3. The largest absolute Gasteiger partial charge is 0.325 e. The molecule has 0 radical (unpaired) electrons. The predicted molar refractivity (Wildman–Crippen MR) is 101 cm³/mol. The summed E-state index contributed by atoms with van der Waals surface area (Å²) in [5.74, 6) is 0.508. The number of halogens is 1. The van der Waals surface area contributed by atoms with Crippen molar-refractivity contribution in [3.63, 3.8) is 0 Å². The van der Waals surface area contributed by atoms with E-state index in [1.807, 2.05) is 24.3 Å². The molecule has 1 saturated carbocycles. The summed E-state index contributed by atoms with van der Waals surface area (Å²) >= 11 is 0. The van der Waals surface area contributed by atoms with E-state index in [-0.39, 0.29) is 18.3 Å². The van der Waals surface area contributed by atoms with Crippen LogP contribution >= 0.6 is 12.4 Å². The molecule has 0 spiro atoms. The Morgan fingerprint density at radius 2 is 1.96 bits per heavy atom. The van der Waals surface area contributed by atoms with Gasteiger partial charge in [-0.05, 0) is 30.0 Å². The number of nitrogens with one attached hydrogen (secondary N) is 1. The Bertz CT molecular complexity index is 638. The number of nitrogens with zero attached hydrogens (tertiary/aromatic N) is 3. The van der Waals surface area contributed by atoms with Crippen LogP contribution in [0.15, 0.2) is 36.9 Å². The zero-order chi connectivity index (χ0) is 16.8. The molecule has 1 aliphatic carbocycles. The fraction of sp³-hybridized carbons (Fsp3) is 0.500. The Kier molecular flexibility index (Phi) is 7.40. The normalized spacial score (nSPS) is 16.0. The van der Waals surface area contributed by atoms with Crippen molar-refractivity contribution in [1.29, 1.82) is 0 Å². The molecule has 1 aliphatic rings. The van der Waals surface area contributed by atoms with E-state index in [2.05, 4.69) is 15.4 Å². The third-order valence-electron chi connectivity index (χ3n) is 4.68. The van der Waals surface area contributed by atoms with E-state index >= 15 is 0 Å². The summed E-state index contributed by atoms with van der Waals surface area (Å²) in [7, 11) is 0. The molecule has 136 valence electrons. The van der Waals surface area contributed by atoms with Gasteiger partial charge in [0.1, 0.15) is 12.7 Å². The van der Waals surface area contributed by atoms with E-state index in [4.69, 9.17) is 5.73 Å². The second kappa shape index (κ2) is 9.53. The highest BCUT2D eigenvalue weighted by atomic mass is 35.5. The number of hydrogen-bond acceptors (Lipinski definition) is 4. The Balaban J connectivity index is 0.00000225. The van der Waals surface area contributed by atoms with Gasteiger partial charge in [0.05, 0.1) is 12.6 Å². The van der Waals surface area contributed by atoms with E-state index in [1.54, 1.807) is 11.0 Å². The lowest BCUT2D eigenvalue weighted by Crippen LogP contribution is -2.37. The fourth-order valence-electron chi connectivity index (χ4n) is 3.32. The zero-order valence-corrected chi connectivity index (χ0v) is 15.1. The maximum Gasteiger partial charge on any atom is 0.241 e. The van der Waals surface area contributed by atoms with Crippen molar-refractivity contribution in [3.8, 4) is 0 Å². The summed E-state index contributed by atoms with van der Waals surface area (Å²) in [6.45, 7) is 0.662. The summed E-state index contributed by atoms with van der Waals surface area (Å²) < 4.78 is 1.76. The average Bonchev–Trinajstić information content (AvgIpc) is 3.10. The number of nitrogens with two attached hydrogens (primary N) is 1. The zero-order valence-electron chi connectivity index (χ0n) is 14.3. The maximum absolute atomic E-state index is 12.3. The van der Waals surface area contributed by atoms with Gasteiger partial charge in [-0.2, -0.15) is 5.10 Å². The first-order chi connectivity index (χ1) is 11.7. The molecule has 0 bridgehead atoms. The number of carbonyl (C=O) groups excluding carboxylic acids is 1. The van der Waals surface area contributed by atoms with E-state index in [0.717, 1.165) is 17.7 Å². The van der Waals surface area contributed by atoms with Gasteiger partial charge in [0.25, 0.3) is 0 Å². The van der Waals surface area contributed by atoms with Crippen LogP contribution in [0, 0.1) is 5.92 Å². The highest BCUT2D eigenvalue weighted by Gasteiger charge is 2.21. The van der Waals surface area contributed by atoms with Crippen LogP contribution in [0.4, 0.5) is 5.69 Å². The molecule has 1 aromatic carbocycles. The molecular formula is C18H26ClN5O. The molecule has 1 aromatic heterocycles. The third-order valence-corrected chi connectivity index (χ3v) is 4.68. The Hall–Kier alpha value is -1.92. The van der Waals surface area contributed by atoms with Gasteiger partial charge in [0, 0.05) is 5.69 Å². The third kappa shape index (κ3) is 5.83. The molecule has 25 heavy (non-hydrogen) atoms. The van der Waals surface area contributed by atoms with Crippen molar-refractivity contribution >= 4 is 24.0 Å². The first kappa shape index (κ1) is 19.4. The fourth-order valence-corrected chi connectivity index (χ4v) is 3.32. The molecule has 0 aliphatic heterocycles. The maximum atomic E-state index is 12.3. The number of rotatable bonds is 6.